The molecule has 0 unspecified atom stereocenters. The second-order valence-corrected chi connectivity index (χ2v) is 4.16. The molecule has 1 aromatic heterocycles. The summed E-state index contributed by atoms with van der Waals surface area (Å²) in [5, 5.41) is 0. The van der Waals surface area contributed by atoms with E-state index in [4.69, 9.17) is 5.73 Å². The smallest absolute Gasteiger partial charge is 0.205 e. The number of anilines is 1. The summed E-state index contributed by atoms with van der Waals surface area (Å²) in [6.07, 6.45) is 0. The quantitative estimate of drug-likeness (QED) is 0.550. The van der Waals surface area contributed by atoms with Crippen molar-refractivity contribution in [3.8, 4) is 5.69 Å². The van der Waals surface area contributed by atoms with Crippen LogP contribution in [0.5, 0.6) is 0 Å². The highest BCUT2D eigenvalue weighted by Gasteiger charge is 2.16. The van der Waals surface area contributed by atoms with Crippen LogP contribution in [0.3, 0.4) is 0 Å². The summed E-state index contributed by atoms with van der Waals surface area (Å²) in [5.41, 5.74) is 6.22. The fraction of sp³-hybridized carbons (Fsp3) is 0. The van der Waals surface area contributed by atoms with Crippen molar-refractivity contribution in [3.63, 3.8) is 0 Å². The Balaban J connectivity index is 2.32. The van der Waals surface area contributed by atoms with Gasteiger partial charge >= 0.3 is 0 Å². The van der Waals surface area contributed by atoms with Gasteiger partial charge in [0.25, 0.3) is 0 Å². The minimum Gasteiger partial charge on any atom is -0.369 e. The molecule has 0 aliphatic carbocycles. The maximum absolute atomic E-state index is 13.3. The molecule has 0 radical (unpaired) electrons. The zero-order valence-corrected chi connectivity index (χ0v) is 9.87. The molecule has 3 rings (SSSR count). The second kappa shape index (κ2) is 4.22. The summed E-state index contributed by atoms with van der Waals surface area (Å²) in [4.78, 5) is 3.89. The number of hydrogen-bond acceptors (Lipinski definition) is 2. The summed E-state index contributed by atoms with van der Waals surface area (Å²) >= 11 is 0. The molecule has 1 heterocycles. The summed E-state index contributed by atoms with van der Waals surface area (Å²) in [7, 11) is 0. The Labute approximate surface area is 110 Å². The SMILES string of the molecule is Nc1nc2cc(F)ccc2n1-c1cc(F)c(F)c(F)c1. The third kappa shape index (κ3) is 1.78. The minimum absolute atomic E-state index is 0.0343. The van der Waals surface area contributed by atoms with Gasteiger partial charge in [0.05, 0.1) is 16.7 Å². The fourth-order valence-electron chi connectivity index (χ4n) is 2.01. The molecule has 0 fully saturated rings. The third-order valence-corrected chi connectivity index (χ3v) is 2.87. The Morgan fingerprint density at radius 2 is 1.60 bits per heavy atom. The summed E-state index contributed by atoms with van der Waals surface area (Å²) in [6, 6.07) is 5.25. The van der Waals surface area contributed by atoms with E-state index in [2.05, 4.69) is 4.98 Å². The van der Waals surface area contributed by atoms with Crippen molar-refractivity contribution < 1.29 is 17.6 Å². The predicted molar refractivity (Wildman–Crippen MR) is 65.3 cm³/mol. The molecule has 20 heavy (non-hydrogen) atoms. The van der Waals surface area contributed by atoms with Crippen LogP contribution in [-0.2, 0) is 0 Å². The normalized spacial score (nSPS) is 11.2. The molecule has 0 saturated heterocycles. The zero-order valence-electron chi connectivity index (χ0n) is 9.87. The maximum Gasteiger partial charge on any atom is 0.205 e. The Morgan fingerprint density at radius 3 is 2.25 bits per heavy atom. The number of benzene rings is 2. The van der Waals surface area contributed by atoms with E-state index in [9.17, 15) is 17.6 Å². The van der Waals surface area contributed by atoms with Crippen molar-refractivity contribution in [2.45, 2.75) is 0 Å². The molecule has 3 nitrogen and oxygen atoms in total. The first-order valence-corrected chi connectivity index (χ1v) is 5.56. The molecule has 2 aromatic carbocycles. The first-order chi connectivity index (χ1) is 9.47. The number of rotatable bonds is 1. The van der Waals surface area contributed by atoms with Gasteiger partial charge in [0.15, 0.2) is 17.5 Å². The van der Waals surface area contributed by atoms with E-state index in [1.807, 2.05) is 0 Å². The van der Waals surface area contributed by atoms with Crippen LogP contribution in [-0.4, -0.2) is 9.55 Å². The third-order valence-electron chi connectivity index (χ3n) is 2.87. The number of imidazole rings is 1. The molecule has 3 aromatic rings. The van der Waals surface area contributed by atoms with Crippen LogP contribution in [0, 0.1) is 23.3 Å². The van der Waals surface area contributed by atoms with Crippen LogP contribution in [0.25, 0.3) is 16.7 Å². The fourth-order valence-corrected chi connectivity index (χ4v) is 2.01. The number of aromatic nitrogens is 2. The molecule has 0 aliphatic heterocycles. The molecular weight excluding hydrogens is 274 g/mol. The predicted octanol–water partition coefficient (Wildman–Crippen LogP) is 3.16. The molecular formula is C13H7F4N3. The van der Waals surface area contributed by atoms with Crippen LogP contribution >= 0.6 is 0 Å². The molecule has 0 bridgehead atoms. The maximum atomic E-state index is 13.3. The van der Waals surface area contributed by atoms with Crippen LogP contribution in [0.4, 0.5) is 23.5 Å². The molecule has 0 spiro atoms. The van der Waals surface area contributed by atoms with Crippen LogP contribution < -0.4 is 5.73 Å². The van der Waals surface area contributed by atoms with Gasteiger partial charge in [-0.15, -0.1) is 0 Å². The number of nitrogens with two attached hydrogens (primary N) is 1. The Kier molecular flexibility index (Phi) is 2.63. The first kappa shape index (κ1) is 12.5. The Hall–Kier alpha value is -2.57. The highest BCUT2D eigenvalue weighted by atomic mass is 19.2. The van der Waals surface area contributed by atoms with Gasteiger partial charge in [0.1, 0.15) is 5.82 Å². The van der Waals surface area contributed by atoms with Crippen molar-refractivity contribution in [2.24, 2.45) is 0 Å². The van der Waals surface area contributed by atoms with E-state index in [-0.39, 0.29) is 17.2 Å². The monoisotopic (exact) mass is 281 g/mol. The molecule has 0 atom stereocenters. The van der Waals surface area contributed by atoms with Crippen molar-refractivity contribution in [3.05, 3.63) is 53.6 Å². The minimum atomic E-state index is -1.57. The van der Waals surface area contributed by atoms with Gasteiger partial charge in [-0.25, -0.2) is 22.5 Å². The van der Waals surface area contributed by atoms with E-state index in [0.717, 1.165) is 24.3 Å². The van der Waals surface area contributed by atoms with E-state index in [0.29, 0.717) is 5.52 Å². The van der Waals surface area contributed by atoms with Crippen molar-refractivity contribution >= 4 is 17.0 Å². The molecule has 0 saturated carbocycles. The number of nitrogens with zero attached hydrogens (tertiary/aromatic N) is 2. The molecule has 102 valence electrons. The lowest BCUT2D eigenvalue weighted by Crippen LogP contribution is -2.03. The van der Waals surface area contributed by atoms with E-state index in [1.54, 1.807) is 0 Å². The Morgan fingerprint density at radius 1 is 0.950 bits per heavy atom. The lowest BCUT2D eigenvalue weighted by Gasteiger charge is -2.07. The van der Waals surface area contributed by atoms with Crippen LogP contribution in [0.2, 0.25) is 0 Å². The van der Waals surface area contributed by atoms with Crippen molar-refractivity contribution in [1.82, 2.24) is 9.55 Å². The van der Waals surface area contributed by atoms with Gasteiger partial charge in [-0.05, 0) is 12.1 Å². The van der Waals surface area contributed by atoms with Gasteiger partial charge in [0, 0.05) is 18.2 Å². The number of halogens is 4. The Bertz CT molecular complexity index is 803. The summed E-state index contributed by atoms with van der Waals surface area (Å²) in [5.74, 6) is -4.86. The number of nitrogen functional groups attached to an aromatic ring is 1. The largest absolute Gasteiger partial charge is 0.369 e. The van der Waals surface area contributed by atoms with Gasteiger partial charge in [-0.1, -0.05) is 0 Å². The van der Waals surface area contributed by atoms with Gasteiger partial charge in [0.2, 0.25) is 5.95 Å². The average Bonchev–Trinajstić information content (AvgIpc) is 2.70. The highest BCUT2D eigenvalue weighted by Crippen LogP contribution is 2.25. The highest BCUT2D eigenvalue weighted by molar-refractivity contribution is 5.80. The van der Waals surface area contributed by atoms with Gasteiger partial charge in [-0.3, -0.25) is 4.57 Å². The second-order valence-electron chi connectivity index (χ2n) is 4.16. The van der Waals surface area contributed by atoms with Crippen molar-refractivity contribution in [1.29, 1.82) is 0 Å². The average molecular weight is 281 g/mol. The summed E-state index contributed by atoms with van der Waals surface area (Å²) in [6.45, 7) is 0. The van der Waals surface area contributed by atoms with Gasteiger partial charge in [-0.2, -0.15) is 0 Å². The first-order valence-electron chi connectivity index (χ1n) is 5.56. The van der Waals surface area contributed by atoms with Crippen LogP contribution in [0.1, 0.15) is 0 Å². The van der Waals surface area contributed by atoms with Crippen molar-refractivity contribution in [2.75, 3.05) is 5.73 Å². The lowest BCUT2D eigenvalue weighted by molar-refractivity contribution is 0.446. The van der Waals surface area contributed by atoms with Crippen LogP contribution in [0.15, 0.2) is 30.3 Å². The van der Waals surface area contributed by atoms with Gasteiger partial charge < -0.3 is 5.73 Å². The standard InChI is InChI=1S/C13H7F4N3/c14-6-1-2-11-10(3-6)19-13(18)20(11)7-4-8(15)12(17)9(16)5-7/h1-5H,(H2,18,19). The van der Waals surface area contributed by atoms with E-state index < -0.39 is 23.3 Å². The van der Waals surface area contributed by atoms with E-state index >= 15 is 0 Å². The molecule has 0 amide bonds. The molecule has 7 heteroatoms. The summed E-state index contributed by atoms with van der Waals surface area (Å²) < 4.78 is 53.8. The number of fused-ring (bicyclic) bond motifs is 1. The molecule has 2 N–H and O–H groups in total. The number of hydrogen-bond donors (Lipinski definition) is 1. The topological polar surface area (TPSA) is 43.8 Å². The zero-order chi connectivity index (χ0) is 14.4. The van der Waals surface area contributed by atoms with E-state index in [1.165, 1.54) is 10.6 Å². The lowest BCUT2D eigenvalue weighted by atomic mass is 10.2. The molecule has 0 aliphatic rings.